The Labute approximate surface area is 148 Å². The molecular formula is C20H26N2O3. The summed E-state index contributed by atoms with van der Waals surface area (Å²) in [5, 5.41) is 2.86. The van der Waals surface area contributed by atoms with Gasteiger partial charge in [0.1, 0.15) is 6.61 Å². The Kier molecular flexibility index (Phi) is 3.78. The molecule has 1 aromatic carbocycles. The average molecular weight is 342 g/mol. The number of aryl methyl sites for hydroxylation is 1. The normalized spacial score (nSPS) is 33.2. The molecule has 1 saturated heterocycles. The quantitative estimate of drug-likeness (QED) is 0.919. The van der Waals surface area contributed by atoms with Crippen LogP contribution in [-0.2, 0) is 9.53 Å². The topological polar surface area (TPSA) is 58.6 Å². The van der Waals surface area contributed by atoms with Crippen molar-refractivity contribution in [2.45, 2.75) is 57.0 Å². The van der Waals surface area contributed by atoms with Crippen molar-refractivity contribution in [3.63, 3.8) is 0 Å². The third-order valence-corrected chi connectivity index (χ3v) is 6.57. The zero-order chi connectivity index (χ0) is 17.8. The monoisotopic (exact) mass is 342 g/mol. The molecule has 0 bridgehead atoms. The minimum absolute atomic E-state index is 0.0201. The van der Waals surface area contributed by atoms with Gasteiger partial charge in [-0.1, -0.05) is 18.2 Å². The van der Waals surface area contributed by atoms with Crippen molar-refractivity contribution in [1.82, 2.24) is 10.2 Å². The van der Waals surface area contributed by atoms with E-state index < -0.39 is 0 Å². The summed E-state index contributed by atoms with van der Waals surface area (Å²) in [7, 11) is 1.93. The number of amides is 2. The van der Waals surface area contributed by atoms with Crippen LogP contribution in [0.4, 0.5) is 4.79 Å². The lowest BCUT2D eigenvalue weighted by Crippen LogP contribution is -2.59. The van der Waals surface area contributed by atoms with Crippen molar-refractivity contribution in [3.05, 3.63) is 34.9 Å². The van der Waals surface area contributed by atoms with Crippen molar-refractivity contribution in [1.29, 1.82) is 0 Å². The van der Waals surface area contributed by atoms with E-state index in [0.29, 0.717) is 31.4 Å². The number of rotatable bonds is 3. The predicted molar refractivity (Wildman–Crippen MR) is 94.4 cm³/mol. The molecule has 4 rings (SSSR count). The summed E-state index contributed by atoms with van der Waals surface area (Å²) in [5.74, 6) is 0.804. The first-order valence-electron chi connectivity index (χ1n) is 9.16. The number of hydrogen-bond donors (Lipinski definition) is 1. The minimum Gasteiger partial charge on any atom is -0.447 e. The summed E-state index contributed by atoms with van der Waals surface area (Å²) in [6, 6.07) is 6.85. The molecule has 2 saturated carbocycles. The third-order valence-electron chi connectivity index (χ3n) is 6.57. The van der Waals surface area contributed by atoms with Crippen molar-refractivity contribution in [3.8, 4) is 0 Å². The molecule has 1 aliphatic heterocycles. The van der Waals surface area contributed by atoms with Gasteiger partial charge in [-0.3, -0.25) is 4.79 Å². The first-order valence-corrected chi connectivity index (χ1v) is 9.16. The van der Waals surface area contributed by atoms with Crippen molar-refractivity contribution < 1.29 is 14.3 Å². The van der Waals surface area contributed by atoms with Crippen LogP contribution >= 0.6 is 0 Å². The zero-order valence-electron chi connectivity index (χ0n) is 15.2. The molecule has 2 amide bonds. The van der Waals surface area contributed by atoms with Crippen LogP contribution in [-0.4, -0.2) is 42.1 Å². The second-order valence-corrected chi connectivity index (χ2v) is 8.15. The smallest absolute Gasteiger partial charge is 0.407 e. The Hall–Kier alpha value is -2.04. The maximum atomic E-state index is 12.7. The molecule has 0 radical (unpaired) electrons. The summed E-state index contributed by atoms with van der Waals surface area (Å²) >= 11 is 0. The lowest BCUT2D eigenvalue weighted by atomic mass is 9.67. The van der Waals surface area contributed by atoms with Crippen LogP contribution in [0.25, 0.3) is 0 Å². The molecule has 2 aliphatic carbocycles. The Bertz CT molecular complexity index is 718. The molecule has 1 aromatic rings. The van der Waals surface area contributed by atoms with E-state index in [1.165, 1.54) is 16.7 Å². The highest BCUT2D eigenvalue weighted by Crippen LogP contribution is 2.45. The first-order chi connectivity index (χ1) is 11.9. The fourth-order valence-electron chi connectivity index (χ4n) is 4.61. The first kappa shape index (κ1) is 16.4. The molecule has 0 atom stereocenters. The van der Waals surface area contributed by atoms with Crippen LogP contribution in [0.3, 0.4) is 0 Å². The third kappa shape index (κ3) is 2.70. The zero-order valence-corrected chi connectivity index (χ0v) is 15.2. The number of benzene rings is 1. The molecule has 3 aliphatic rings. The predicted octanol–water partition coefficient (Wildman–Crippen LogP) is 2.90. The van der Waals surface area contributed by atoms with E-state index in [1.54, 1.807) is 0 Å². The van der Waals surface area contributed by atoms with Crippen molar-refractivity contribution in [2.24, 2.45) is 5.92 Å². The Morgan fingerprint density at radius 1 is 1.28 bits per heavy atom. The van der Waals surface area contributed by atoms with Crippen LogP contribution < -0.4 is 5.32 Å². The Morgan fingerprint density at radius 2 is 2.00 bits per heavy atom. The van der Waals surface area contributed by atoms with Gasteiger partial charge < -0.3 is 15.0 Å². The molecule has 5 nitrogen and oxygen atoms in total. The second-order valence-electron chi connectivity index (χ2n) is 8.15. The van der Waals surface area contributed by atoms with Gasteiger partial charge in [0.25, 0.3) is 0 Å². The number of nitrogens with one attached hydrogen (secondary N) is 1. The van der Waals surface area contributed by atoms with Gasteiger partial charge >= 0.3 is 6.09 Å². The lowest BCUT2D eigenvalue weighted by Gasteiger charge is -2.47. The summed E-state index contributed by atoms with van der Waals surface area (Å²) in [6.45, 7) is 4.75. The number of carbonyl (C=O) groups is 2. The molecule has 3 fully saturated rings. The summed E-state index contributed by atoms with van der Waals surface area (Å²) in [5.41, 5.74) is 3.88. The molecular weight excluding hydrogens is 316 g/mol. The molecule has 1 spiro atoms. The van der Waals surface area contributed by atoms with Gasteiger partial charge in [0, 0.05) is 19.0 Å². The Morgan fingerprint density at radius 3 is 2.64 bits per heavy atom. The van der Waals surface area contributed by atoms with E-state index in [-0.39, 0.29) is 23.5 Å². The van der Waals surface area contributed by atoms with Gasteiger partial charge in [-0.25, -0.2) is 4.79 Å². The molecule has 0 aromatic heterocycles. The molecule has 134 valence electrons. The molecule has 0 unspecified atom stereocenters. The SMILES string of the molecule is Cc1cccc(C2CC(N(C)C(=O)C3CC4(COC(=O)N4)C3)C2)c1C. The van der Waals surface area contributed by atoms with Gasteiger partial charge in [0.05, 0.1) is 5.54 Å². The van der Waals surface area contributed by atoms with Crippen LogP contribution in [0.15, 0.2) is 18.2 Å². The minimum atomic E-state index is -0.352. The van der Waals surface area contributed by atoms with E-state index >= 15 is 0 Å². The molecule has 1 heterocycles. The lowest BCUT2D eigenvalue weighted by molar-refractivity contribution is -0.143. The summed E-state index contributed by atoms with van der Waals surface area (Å²) in [6.07, 6.45) is 3.15. The number of carbonyl (C=O) groups excluding carboxylic acids is 2. The van der Waals surface area contributed by atoms with Gasteiger partial charge in [0.15, 0.2) is 0 Å². The van der Waals surface area contributed by atoms with Crippen LogP contribution in [0.2, 0.25) is 0 Å². The fourth-order valence-corrected chi connectivity index (χ4v) is 4.61. The second kappa shape index (κ2) is 5.75. The van der Waals surface area contributed by atoms with Crippen molar-refractivity contribution >= 4 is 12.0 Å². The number of hydrogen-bond acceptors (Lipinski definition) is 3. The highest BCUT2D eigenvalue weighted by Gasteiger charge is 2.53. The Balaban J connectivity index is 1.31. The van der Waals surface area contributed by atoms with E-state index in [9.17, 15) is 9.59 Å². The van der Waals surface area contributed by atoms with Crippen LogP contribution in [0, 0.1) is 19.8 Å². The van der Waals surface area contributed by atoms with E-state index in [0.717, 1.165) is 12.8 Å². The van der Waals surface area contributed by atoms with Gasteiger partial charge in [0.2, 0.25) is 5.91 Å². The van der Waals surface area contributed by atoms with Crippen molar-refractivity contribution in [2.75, 3.05) is 13.7 Å². The number of alkyl carbamates (subject to hydrolysis) is 1. The van der Waals surface area contributed by atoms with Gasteiger partial charge in [-0.2, -0.15) is 0 Å². The summed E-state index contributed by atoms with van der Waals surface area (Å²) in [4.78, 5) is 25.9. The number of ether oxygens (including phenoxy) is 1. The fraction of sp³-hybridized carbons (Fsp3) is 0.600. The average Bonchev–Trinajstić information content (AvgIpc) is 2.90. The largest absolute Gasteiger partial charge is 0.447 e. The van der Waals surface area contributed by atoms with E-state index in [2.05, 4.69) is 37.4 Å². The maximum absolute atomic E-state index is 12.7. The van der Waals surface area contributed by atoms with E-state index in [4.69, 9.17) is 4.74 Å². The number of cyclic esters (lactones) is 1. The number of nitrogens with zero attached hydrogens (tertiary/aromatic N) is 1. The highest BCUT2D eigenvalue weighted by molar-refractivity contribution is 5.81. The standard InChI is InChI=1S/C20H26N2O3/c1-12-5-4-6-17(13(12)2)14-7-16(8-14)22(3)18(23)15-9-20(10-15)11-25-19(24)21-20/h4-6,14-16H,7-11H2,1-3H3,(H,21,24). The molecule has 25 heavy (non-hydrogen) atoms. The van der Waals surface area contributed by atoms with Crippen LogP contribution in [0.1, 0.15) is 48.3 Å². The highest BCUT2D eigenvalue weighted by atomic mass is 16.6. The molecule has 5 heteroatoms. The van der Waals surface area contributed by atoms with Crippen LogP contribution in [0.5, 0.6) is 0 Å². The maximum Gasteiger partial charge on any atom is 0.407 e. The summed E-state index contributed by atoms with van der Waals surface area (Å²) < 4.78 is 4.99. The van der Waals surface area contributed by atoms with Gasteiger partial charge in [-0.05, 0) is 62.1 Å². The molecule has 1 N–H and O–H groups in total. The van der Waals surface area contributed by atoms with E-state index in [1.807, 2.05) is 11.9 Å². The van der Waals surface area contributed by atoms with Gasteiger partial charge in [-0.15, -0.1) is 0 Å².